The summed E-state index contributed by atoms with van der Waals surface area (Å²) in [6, 6.07) is 8.15. The van der Waals surface area contributed by atoms with Gasteiger partial charge in [0.1, 0.15) is 10.4 Å². The van der Waals surface area contributed by atoms with Crippen LogP contribution >= 0.6 is 11.3 Å². The number of nitrogens with zero attached hydrogens (tertiary/aromatic N) is 4. The maximum absolute atomic E-state index is 10.9. The molecule has 0 saturated carbocycles. The van der Waals surface area contributed by atoms with Crippen LogP contribution in [0.4, 0.5) is 0 Å². The molecule has 0 radical (unpaired) electrons. The Morgan fingerprint density at radius 2 is 2.19 bits per heavy atom. The number of hydrogen-bond acceptors (Lipinski definition) is 6. The van der Waals surface area contributed by atoms with Crippen LogP contribution in [0.3, 0.4) is 0 Å². The molecule has 5 heterocycles. The van der Waals surface area contributed by atoms with Crippen molar-refractivity contribution in [2.75, 3.05) is 13.2 Å². The Bertz CT molecular complexity index is 1110. The van der Waals surface area contributed by atoms with Crippen molar-refractivity contribution in [3.05, 3.63) is 41.5 Å². The van der Waals surface area contributed by atoms with Crippen molar-refractivity contribution in [2.45, 2.75) is 18.4 Å². The molecule has 4 aromatic heterocycles. The summed E-state index contributed by atoms with van der Waals surface area (Å²) in [6.07, 6.45) is 5.36. The molecular formula is C19H18N4O2S. The van der Waals surface area contributed by atoms with Crippen LogP contribution in [-0.4, -0.2) is 38.1 Å². The van der Waals surface area contributed by atoms with E-state index < -0.39 is 5.60 Å². The van der Waals surface area contributed by atoms with Gasteiger partial charge in [0, 0.05) is 47.3 Å². The number of aliphatic hydroxyl groups is 1. The third-order valence-corrected chi connectivity index (χ3v) is 6.07. The van der Waals surface area contributed by atoms with Crippen molar-refractivity contribution in [2.24, 2.45) is 7.05 Å². The minimum Gasteiger partial charge on any atom is -0.382 e. The van der Waals surface area contributed by atoms with Crippen LogP contribution in [0.1, 0.15) is 17.7 Å². The first kappa shape index (κ1) is 15.9. The molecule has 1 aliphatic rings. The Hall–Kier alpha value is -2.35. The quantitative estimate of drug-likeness (QED) is 0.590. The number of hydrogen-bond donors (Lipinski definition) is 1. The van der Waals surface area contributed by atoms with E-state index in [0.717, 1.165) is 56.8 Å². The Kier molecular flexibility index (Phi) is 3.56. The SMILES string of the molecule is Cn1cc2cc(-c3ccc4cc([C@]5(O)CCCOC5)sc4n3)cnc2n1. The van der Waals surface area contributed by atoms with E-state index in [1.165, 1.54) is 0 Å². The van der Waals surface area contributed by atoms with E-state index in [9.17, 15) is 5.11 Å². The van der Waals surface area contributed by atoms with Crippen LogP contribution in [0.15, 0.2) is 36.7 Å². The van der Waals surface area contributed by atoms with E-state index >= 15 is 0 Å². The van der Waals surface area contributed by atoms with Gasteiger partial charge >= 0.3 is 0 Å². The standard InChI is InChI=1S/C19H18N4O2S/c1-23-10-14-7-13(9-20-17(14)22-23)15-4-3-12-8-16(26-18(12)21-15)19(24)5-2-6-25-11-19/h3-4,7-10,24H,2,5-6,11H2,1H3/t19-/m0/s1. The minimum atomic E-state index is -0.889. The van der Waals surface area contributed by atoms with E-state index in [-0.39, 0.29) is 0 Å². The van der Waals surface area contributed by atoms with Gasteiger partial charge in [0.25, 0.3) is 0 Å². The summed E-state index contributed by atoms with van der Waals surface area (Å²) in [4.78, 5) is 11.1. The predicted molar refractivity (Wildman–Crippen MR) is 101 cm³/mol. The van der Waals surface area contributed by atoms with E-state index in [1.807, 2.05) is 25.4 Å². The van der Waals surface area contributed by atoms with Gasteiger partial charge in [-0.05, 0) is 37.1 Å². The van der Waals surface area contributed by atoms with Crippen LogP contribution in [0.25, 0.3) is 32.5 Å². The Morgan fingerprint density at radius 3 is 3.04 bits per heavy atom. The van der Waals surface area contributed by atoms with Gasteiger partial charge in [-0.1, -0.05) is 0 Å². The molecule has 0 bridgehead atoms. The molecule has 0 spiro atoms. The van der Waals surface area contributed by atoms with Gasteiger partial charge in [-0.3, -0.25) is 4.68 Å². The third-order valence-electron chi connectivity index (χ3n) is 4.83. The molecule has 1 fully saturated rings. The van der Waals surface area contributed by atoms with E-state index in [4.69, 9.17) is 9.72 Å². The lowest BCUT2D eigenvalue weighted by molar-refractivity contribution is -0.0879. The fourth-order valence-corrected chi connectivity index (χ4v) is 4.59. The van der Waals surface area contributed by atoms with Gasteiger partial charge in [0.15, 0.2) is 5.65 Å². The molecule has 5 rings (SSSR count). The summed E-state index contributed by atoms with van der Waals surface area (Å²) < 4.78 is 7.25. The highest BCUT2D eigenvalue weighted by molar-refractivity contribution is 7.18. The lowest BCUT2D eigenvalue weighted by atomic mass is 9.95. The van der Waals surface area contributed by atoms with Crippen LogP contribution < -0.4 is 0 Å². The first-order chi connectivity index (χ1) is 12.6. The zero-order valence-electron chi connectivity index (χ0n) is 14.3. The van der Waals surface area contributed by atoms with Gasteiger partial charge in [-0.25, -0.2) is 9.97 Å². The largest absolute Gasteiger partial charge is 0.382 e. The summed E-state index contributed by atoms with van der Waals surface area (Å²) in [5.41, 5.74) is 1.67. The van der Waals surface area contributed by atoms with Crippen LogP contribution in [0, 0.1) is 0 Å². The second-order valence-corrected chi connectivity index (χ2v) is 7.86. The molecule has 1 atom stereocenters. The van der Waals surface area contributed by atoms with Gasteiger partial charge in [0.05, 0.1) is 12.3 Å². The number of thiophene rings is 1. The fraction of sp³-hybridized carbons (Fsp3) is 0.316. The molecular weight excluding hydrogens is 348 g/mol. The summed E-state index contributed by atoms with van der Waals surface area (Å²) >= 11 is 1.54. The average Bonchev–Trinajstić information content (AvgIpc) is 3.23. The van der Waals surface area contributed by atoms with Gasteiger partial charge in [-0.15, -0.1) is 11.3 Å². The topological polar surface area (TPSA) is 73.1 Å². The molecule has 0 aromatic carbocycles. The zero-order valence-corrected chi connectivity index (χ0v) is 15.2. The highest BCUT2D eigenvalue weighted by atomic mass is 32.1. The molecule has 4 aromatic rings. The van der Waals surface area contributed by atoms with E-state index in [0.29, 0.717) is 6.61 Å². The van der Waals surface area contributed by atoms with E-state index in [1.54, 1.807) is 22.2 Å². The number of rotatable bonds is 2. The summed E-state index contributed by atoms with van der Waals surface area (Å²) in [5.74, 6) is 0. The zero-order chi connectivity index (χ0) is 17.7. The van der Waals surface area contributed by atoms with Crippen LogP contribution in [0.2, 0.25) is 0 Å². The fourth-order valence-electron chi connectivity index (χ4n) is 3.45. The normalized spacial score (nSPS) is 20.8. The first-order valence-corrected chi connectivity index (χ1v) is 9.43. The van der Waals surface area contributed by atoms with Crippen LogP contribution in [0.5, 0.6) is 0 Å². The maximum Gasteiger partial charge on any atom is 0.181 e. The number of ether oxygens (including phenoxy) is 1. The highest BCUT2D eigenvalue weighted by Gasteiger charge is 2.34. The van der Waals surface area contributed by atoms with Gasteiger partial charge < -0.3 is 9.84 Å². The van der Waals surface area contributed by atoms with Crippen molar-refractivity contribution in [1.82, 2.24) is 19.7 Å². The second-order valence-electron chi connectivity index (χ2n) is 6.83. The number of aromatic nitrogens is 4. The van der Waals surface area contributed by atoms with Gasteiger partial charge in [0.2, 0.25) is 0 Å². The predicted octanol–water partition coefficient (Wildman–Crippen LogP) is 3.24. The smallest absolute Gasteiger partial charge is 0.181 e. The van der Waals surface area contributed by atoms with Crippen molar-refractivity contribution in [3.8, 4) is 11.3 Å². The molecule has 7 heteroatoms. The summed E-state index contributed by atoms with van der Waals surface area (Å²) in [5, 5.41) is 17.2. The first-order valence-electron chi connectivity index (χ1n) is 8.62. The van der Waals surface area contributed by atoms with Crippen molar-refractivity contribution in [3.63, 3.8) is 0 Å². The molecule has 6 nitrogen and oxygen atoms in total. The average molecular weight is 366 g/mol. The van der Waals surface area contributed by atoms with Crippen molar-refractivity contribution >= 4 is 32.6 Å². The number of fused-ring (bicyclic) bond motifs is 2. The molecule has 1 N–H and O–H groups in total. The molecule has 1 saturated heterocycles. The van der Waals surface area contributed by atoms with Crippen LogP contribution in [-0.2, 0) is 17.4 Å². The lowest BCUT2D eigenvalue weighted by Gasteiger charge is -2.30. The number of pyridine rings is 2. The monoisotopic (exact) mass is 366 g/mol. The van der Waals surface area contributed by atoms with E-state index in [2.05, 4.69) is 22.2 Å². The molecule has 132 valence electrons. The molecule has 0 aliphatic carbocycles. The third kappa shape index (κ3) is 2.59. The van der Waals surface area contributed by atoms with Crippen molar-refractivity contribution < 1.29 is 9.84 Å². The lowest BCUT2D eigenvalue weighted by Crippen LogP contribution is -2.34. The Labute approximate surface area is 154 Å². The second kappa shape index (κ2) is 5.84. The minimum absolute atomic E-state index is 0.355. The number of aryl methyl sites for hydroxylation is 1. The molecule has 1 aliphatic heterocycles. The Morgan fingerprint density at radius 1 is 1.27 bits per heavy atom. The Balaban J connectivity index is 1.56. The highest BCUT2D eigenvalue weighted by Crippen LogP contribution is 2.38. The molecule has 0 unspecified atom stereocenters. The molecule has 0 amide bonds. The summed E-state index contributed by atoms with van der Waals surface area (Å²) in [7, 11) is 1.89. The summed E-state index contributed by atoms with van der Waals surface area (Å²) in [6.45, 7) is 1.08. The maximum atomic E-state index is 10.9. The van der Waals surface area contributed by atoms with Gasteiger partial charge in [-0.2, -0.15) is 5.10 Å². The molecule has 26 heavy (non-hydrogen) atoms. The van der Waals surface area contributed by atoms with Crippen molar-refractivity contribution in [1.29, 1.82) is 0 Å².